The van der Waals surface area contributed by atoms with Gasteiger partial charge in [0.2, 0.25) is 0 Å². The molecule has 15 heavy (non-hydrogen) atoms. The molecule has 2 nitrogen and oxygen atoms in total. The zero-order chi connectivity index (χ0) is 10.8. The van der Waals surface area contributed by atoms with Gasteiger partial charge in [-0.05, 0) is 37.3 Å². The molecular formula is C13H18N2. The Hall–Kier alpha value is -1.31. The van der Waals surface area contributed by atoms with Crippen LogP contribution >= 0.6 is 0 Å². The van der Waals surface area contributed by atoms with Crippen LogP contribution in [0, 0.1) is 12.8 Å². The Kier molecular flexibility index (Phi) is 2.76. The molecule has 0 fully saturated rings. The summed E-state index contributed by atoms with van der Waals surface area (Å²) in [6, 6.07) is 2.04. The molecule has 0 aliphatic rings. The highest BCUT2D eigenvalue weighted by atomic mass is 14.7. The molecular weight excluding hydrogens is 184 g/mol. The molecule has 0 saturated heterocycles. The maximum Gasteiger partial charge on any atom is 0.0489 e. The van der Waals surface area contributed by atoms with Crippen molar-refractivity contribution in [2.24, 2.45) is 5.92 Å². The number of aryl methyl sites for hydroxylation is 2. The summed E-state index contributed by atoms with van der Waals surface area (Å²) in [5, 5.41) is 1.26. The SMILES string of the molecule is Cc1c(CCC(C)C)[nH]c2ccncc12. The number of rotatable bonds is 3. The van der Waals surface area contributed by atoms with Gasteiger partial charge in [0.1, 0.15) is 0 Å². The second-order valence-electron chi connectivity index (χ2n) is 4.58. The van der Waals surface area contributed by atoms with Gasteiger partial charge in [0.25, 0.3) is 0 Å². The molecule has 0 spiro atoms. The van der Waals surface area contributed by atoms with Crippen molar-refractivity contribution in [3.05, 3.63) is 29.7 Å². The summed E-state index contributed by atoms with van der Waals surface area (Å²) < 4.78 is 0. The second kappa shape index (κ2) is 4.05. The van der Waals surface area contributed by atoms with Crippen molar-refractivity contribution >= 4 is 10.9 Å². The van der Waals surface area contributed by atoms with E-state index in [1.807, 2.05) is 18.5 Å². The van der Waals surface area contributed by atoms with E-state index in [-0.39, 0.29) is 0 Å². The highest BCUT2D eigenvalue weighted by Gasteiger charge is 2.07. The molecule has 80 valence electrons. The van der Waals surface area contributed by atoms with Gasteiger partial charge < -0.3 is 4.98 Å². The molecule has 0 radical (unpaired) electrons. The van der Waals surface area contributed by atoms with E-state index in [2.05, 4.69) is 30.7 Å². The second-order valence-corrected chi connectivity index (χ2v) is 4.58. The number of aromatic nitrogens is 2. The van der Waals surface area contributed by atoms with Gasteiger partial charge in [-0.2, -0.15) is 0 Å². The van der Waals surface area contributed by atoms with E-state index < -0.39 is 0 Å². The van der Waals surface area contributed by atoms with E-state index >= 15 is 0 Å². The lowest BCUT2D eigenvalue weighted by molar-refractivity contribution is 0.582. The van der Waals surface area contributed by atoms with E-state index in [1.54, 1.807) is 0 Å². The van der Waals surface area contributed by atoms with Crippen LogP contribution in [-0.4, -0.2) is 9.97 Å². The number of hydrogen-bond donors (Lipinski definition) is 1. The topological polar surface area (TPSA) is 28.7 Å². The van der Waals surface area contributed by atoms with Gasteiger partial charge in [-0.25, -0.2) is 0 Å². The predicted octanol–water partition coefficient (Wildman–Crippen LogP) is 3.46. The van der Waals surface area contributed by atoms with Crippen molar-refractivity contribution in [1.82, 2.24) is 9.97 Å². The minimum Gasteiger partial charge on any atom is -0.358 e. The van der Waals surface area contributed by atoms with Crippen molar-refractivity contribution < 1.29 is 0 Å². The van der Waals surface area contributed by atoms with Crippen molar-refractivity contribution in [1.29, 1.82) is 0 Å². The van der Waals surface area contributed by atoms with Gasteiger partial charge in [-0.3, -0.25) is 4.98 Å². The van der Waals surface area contributed by atoms with Crippen LogP contribution in [0.2, 0.25) is 0 Å². The van der Waals surface area contributed by atoms with Crippen LogP contribution in [0.15, 0.2) is 18.5 Å². The molecule has 0 atom stereocenters. The summed E-state index contributed by atoms with van der Waals surface area (Å²) in [6.45, 7) is 6.70. The lowest BCUT2D eigenvalue weighted by Gasteiger charge is -2.03. The Morgan fingerprint density at radius 3 is 2.87 bits per heavy atom. The number of fused-ring (bicyclic) bond motifs is 1. The Morgan fingerprint density at radius 1 is 1.40 bits per heavy atom. The molecule has 0 unspecified atom stereocenters. The van der Waals surface area contributed by atoms with Crippen molar-refractivity contribution in [3.63, 3.8) is 0 Å². The van der Waals surface area contributed by atoms with Crippen LogP contribution in [-0.2, 0) is 6.42 Å². The number of aromatic amines is 1. The molecule has 2 heterocycles. The first-order valence-electron chi connectivity index (χ1n) is 5.59. The normalized spacial score (nSPS) is 11.5. The van der Waals surface area contributed by atoms with Crippen LogP contribution in [0.1, 0.15) is 31.5 Å². The third-order valence-corrected chi connectivity index (χ3v) is 2.93. The molecule has 2 aromatic heterocycles. The fourth-order valence-corrected chi connectivity index (χ4v) is 1.90. The molecule has 0 bridgehead atoms. The molecule has 0 amide bonds. The minimum atomic E-state index is 0.758. The first kappa shape index (κ1) is 10.2. The molecule has 2 rings (SSSR count). The van der Waals surface area contributed by atoms with Crippen LogP contribution in [0.5, 0.6) is 0 Å². The number of nitrogens with one attached hydrogen (secondary N) is 1. The maximum absolute atomic E-state index is 4.16. The average Bonchev–Trinajstić information content (AvgIpc) is 2.54. The Morgan fingerprint density at radius 2 is 2.20 bits per heavy atom. The zero-order valence-corrected chi connectivity index (χ0v) is 9.67. The maximum atomic E-state index is 4.16. The van der Waals surface area contributed by atoms with E-state index in [4.69, 9.17) is 0 Å². The summed E-state index contributed by atoms with van der Waals surface area (Å²) in [6.07, 6.45) is 6.16. The van der Waals surface area contributed by atoms with Gasteiger partial charge in [0, 0.05) is 29.0 Å². The Labute approximate surface area is 90.7 Å². The number of pyridine rings is 1. The fraction of sp³-hybridized carbons (Fsp3) is 0.462. The third-order valence-electron chi connectivity index (χ3n) is 2.93. The lowest BCUT2D eigenvalue weighted by atomic mass is 10.0. The van der Waals surface area contributed by atoms with Gasteiger partial charge >= 0.3 is 0 Å². The summed E-state index contributed by atoms with van der Waals surface area (Å²) in [5.41, 5.74) is 3.94. The van der Waals surface area contributed by atoms with Crippen molar-refractivity contribution in [2.75, 3.05) is 0 Å². The molecule has 0 aliphatic carbocycles. The average molecular weight is 202 g/mol. The molecule has 2 heteroatoms. The molecule has 2 aromatic rings. The van der Waals surface area contributed by atoms with Crippen molar-refractivity contribution in [3.8, 4) is 0 Å². The number of nitrogens with zero attached hydrogens (tertiary/aromatic N) is 1. The van der Waals surface area contributed by atoms with Gasteiger partial charge in [-0.1, -0.05) is 13.8 Å². The number of H-pyrrole nitrogens is 1. The van der Waals surface area contributed by atoms with Crippen LogP contribution in [0.3, 0.4) is 0 Å². The van der Waals surface area contributed by atoms with E-state index in [1.165, 1.54) is 28.6 Å². The highest BCUT2D eigenvalue weighted by Crippen LogP contribution is 2.22. The summed E-state index contributed by atoms with van der Waals surface area (Å²) >= 11 is 0. The van der Waals surface area contributed by atoms with E-state index in [0.29, 0.717) is 0 Å². The largest absolute Gasteiger partial charge is 0.358 e. The van der Waals surface area contributed by atoms with Gasteiger partial charge in [0.05, 0.1) is 0 Å². The summed E-state index contributed by atoms with van der Waals surface area (Å²) in [4.78, 5) is 7.64. The van der Waals surface area contributed by atoms with Gasteiger partial charge in [0.15, 0.2) is 0 Å². The van der Waals surface area contributed by atoms with E-state index in [9.17, 15) is 0 Å². The first-order valence-corrected chi connectivity index (χ1v) is 5.59. The Bertz CT molecular complexity index is 455. The van der Waals surface area contributed by atoms with Crippen molar-refractivity contribution in [2.45, 2.75) is 33.6 Å². The molecule has 0 aliphatic heterocycles. The summed E-state index contributed by atoms with van der Waals surface area (Å²) in [7, 11) is 0. The number of hydrogen-bond acceptors (Lipinski definition) is 1. The van der Waals surface area contributed by atoms with E-state index in [0.717, 1.165) is 12.3 Å². The smallest absolute Gasteiger partial charge is 0.0489 e. The quantitative estimate of drug-likeness (QED) is 0.811. The molecule has 0 aromatic carbocycles. The predicted molar refractivity (Wildman–Crippen MR) is 64.0 cm³/mol. The monoisotopic (exact) mass is 202 g/mol. The third kappa shape index (κ3) is 2.04. The van der Waals surface area contributed by atoms with Crippen LogP contribution in [0.4, 0.5) is 0 Å². The van der Waals surface area contributed by atoms with Gasteiger partial charge in [-0.15, -0.1) is 0 Å². The highest BCUT2D eigenvalue weighted by molar-refractivity contribution is 5.83. The minimum absolute atomic E-state index is 0.758. The van der Waals surface area contributed by atoms with Crippen LogP contribution in [0.25, 0.3) is 10.9 Å². The summed E-state index contributed by atoms with van der Waals surface area (Å²) in [5.74, 6) is 0.758. The molecule has 0 saturated carbocycles. The standard InChI is InChI=1S/C13H18N2/c1-9(2)4-5-12-10(3)11-8-14-7-6-13(11)15-12/h6-9,15H,4-5H2,1-3H3. The molecule has 1 N–H and O–H groups in total. The Balaban J connectivity index is 2.32. The first-order chi connectivity index (χ1) is 7.18. The van der Waals surface area contributed by atoms with Crippen LogP contribution < -0.4 is 0 Å². The fourth-order valence-electron chi connectivity index (χ4n) is 1.90. The lowest BCUT2D eigenvalue weighted by Crippen LogP contribution is -1.93. The zero-order valence-electron chi connectivity index (χ0n) is 9.67.